The third-order valence-corrected chi connectivity index (χ3v) is 4.19. The Hall–Kier alpha value is -2.65. The molecule has 3 rings (SSSR count). The fourth-order valence-corrected chi connectivity index (χ4v) is 2.93. The van der Waals surface area contributed by atoms with Crippen molar-refractivity contribution < 1.29 is 9.53 Å². The molecular weight excluding hydrogens is 298 g/mol. The van der Waals surface area contributed by atoms with Crippen molar-refractivity contribution in [2.45, 2.75) is 19.0 Å². The molecule has 3 heteroatoms. The zero-order chi connectivity index (χ0) is 16.8. The Kier molecular flexibility index (Phi) is 5.24. The van der Waals surface area contributed by atoms with E-state index in [0.29, 0.717) is 13.0 Å². The first-order valence-electron chi connectivity index (χ1n) is 8.09. The average molecular weight is 319 g/mol. The normalized spacial score (nSPS) is 12.0. The van der Waals surface area contributed by atoms with Crippen molar-refractivity contribution in [3.05, 3.63) is 83.9 Å². The Morgan fingerprint density at radius 3 is 2.46 bits per heavy atom. The number of benzene rings is 3. The molecule has 0 aliphatic rings. The van der Waals surface area contributed by atoms with E-state index in [4.69, 9.17) is 4.74 Å². The quantitative estimate of drug-likeness (QED) is 0.691. The lowest BCUT2D eigenvalue weighted by molar-refractivity contribution is -0.141. The summed E-state index contributed by atoms with van der Waals surface area (Å²) in [6, 6.07) is 24.5. The summed E-state index contributed by atoms with van der Waals surface area (Å²) >= 11 is 0. The SMILES string of the molecule is COC(=O)C[C@@H](NCc1ccccc1)c1cccc2ccccc12. The minimum atomic E-state index is -0.214. The van der Waals surface area contributed by atoms with Gasteiger partial charge in [-0.25, -0.2) is 0 Å². The van der Waals surface area contributed by atoms with E-state index in [1.807, 2.05) is 36.4 Å². The van der Waals surface area contributed by atoms with Gasteiger partial charge in [0, 0.05) is 12.6 Å². The molecule has 0 heterocycles. The Morgan fingerprint density at radius 2 is 1.67 bits per heavy atom. The maximum absolute atomic E-state index is 11.9. The Bertz CT molecular complexity index is 809. The van der Waals surface area contributed by atoms with Crippen LogP contribution in [-0.4, -0.2) is 13.1 Å². The molecule has 1 N–H and O–H groups in total. The number of rotatable bonds is 6. The summed E-state index contributed by atoms with van der Waals surface area (Å²) in [5.41, 5.74) is 2.31. The van der Waals surface area contributed by atoms with E-state index >= 15 is 0 Å². The summed E-state index contributed by atoms with van der Waals surface area (Å²) in [5.74, 6) is -0.214. The van der Waals surface area contributed by atoms with Crippen LogP contribution in [0.5, 0.6) is 0 Å². The van der Waals surface area contributed by atoms with Gasteiger partial charge in [-0.2, -0.15) is 0 Å². The lowest BCUT2D eigenvalue weighted by Gasteiger charge is -2.20. The van der Waals surface area contributed by atoms with Crippen LogP contribution in [-0.2, 0) is 16.1 Å². The smallest absolute Gasteiger partial charge is 0.307 e. The van der Waals surface area contributed by atoms with Gasteiger partial charge in [-0.15, -0.1) is 0 Å². The molecule has 24 heavy (non-hydrogen) atoms. The van der Waals surface area contributed by atoms with E-state index in [2.05, 4.69) is 41.7 Å². The van der Waals surface area contributed by atoms with E-state index in [-0.39, 0.29) is 12.0 Å². The van der Waals surface area contributed by atoms with E-state index in [1.165, 1.54) is 18.1 Å². The van der Waals surface area contributed by atoms with Crippen molar-refractivity contribution in [1.29, 1.82) is 0 Å². The molecule has 0 bridgehead atoms. The van der Waals surface area contributed by atoms with Crippen molar-refractivity contribution in [3.8, 4) is 0 Å². The van der Waals surface area contributed by atoms with Crippen molar-refractivity contribution in [2.75, 3.05) is 7.11 Å². The number of hydrogen-bond donors (Lipinski definition) is 1. The highest BCUT2D eigenvalue weighted by Gasteiger charge is 2.18. The molecule has 1 atom stereocenters. The van der Waals surface area contributed by atoms with Gasteiger partial charge in [0.25, 0.3) is 0 Å². The van der Waals surface area contributed by atoms with Crippen LogP contribution in [0.4, 0.5) is 0 Å². The van der Waals surface area contributed by atoms with Crippen LogP contribution in [0.15, 0.2) is 72.8 Å². The predicted molar refractivity (Wildman–Crippen MR) is 96.6 cm³/mol. The predicted octanol–water partition coefficient (Wildman–Crippen LogP) is 4.23. The molecule has 0 fully saturated rings. The van der Waals surface area contributed by atoms with E-state index < -0.39 is 0 Å². The number of methoxy groups -OCH3 is 1. The van der Waals surface area contributed by atoms with Crippen LogP contribution in [0.1, 0.15) is 23.6 Å². The number of esters is 1. The number of carbonyl (C=O) groups excluding carboxylic acids is 1. The van der Waals surface area contributed by atoms with Crippen LogP contribution in [0.3, 0.4) is 0 Å². The monoisotopic (exact) mass is 319 g/mol. The van der Waals surface area contributed by atoms with Gasteiger partial charge in [0.2, 0.25) is 0 Å². The number of ether oxygens (including phenoxy) is 1. The lowest BCUT2D eigenvalue weighted by Crippen LogP contribution is -2.24. The van der Waals surface area contributed by atoms with Gasteiger partial charge in [0.05, 0.1) is 13.5 Å². The van der Waals surface area contributed by atoms with Crippen molar-refractivity contribution in [3.63, 3.8) is 0 Å². The fourth-order valence-electron chi connectivity index (χ4n) is 2.93. The molecule has 0 aliphatic heterocycles. The second-order valence-corrected chi connectivity index (χ2v) is 5.77. The summed E-state index contributed by atoms with van der Waals surface area (Å²) in [7, 11) is 1.43. The average Bonchev–Trinajstić information content (AvgIpc) is 2.65. The molecule has 0 aromatic heterocycles. The molecule has 0 spiro atoms. The highest BCUT2D eigenvalue weighted by atomic mass is 16.5. The number of nitrogens with one attached hydrogen (secondary N) is 1. The zero-order valence-electron chi connectivity index (χ0n) is 13.7. The van der Waals surface area contributed by atoms with Crippen molar-refractivity contribution in [2.24, 2.45) is 0 Å². The van der Waals surface area contributed by atoms with E-state index in [1.54, 1.807) is 0 Å². The molecule has 3 nitrogen and oxygen atoms in total. The van der Waals surface area contributed by atoms with Crippen LogP contribution in [0.25, 0.3) is 10.8 Å². The third kappa shape index (κ3) is 3.81. The fraction of sp³-hybridized carbons (Fsp3) is 0.190. The second-order valence-electron chi connectivity index (χ2n) is 5.77. The minimum absolute atomic E-state index is 0.0937. The number of carbonyl (C=O) groups is 1. The maximum Gasteiger partial charge on any atom is 0.307 e. The van der Waals surface area contributed by atoms with E-state index in [9.17, 15) is 4.79 Å². The first kappa shape index (κ1) is 16.2. The van der Waals surface area contributed by atoms with Gasteiger partial charge < -0.3 is 10.1 Å². The Labute approximate surface area is 142 Å². The van der Waals surface area contributed by atoms with Gasteiger partial charge in [-0.3, -0.25) is 4.79 Å². The van der Waals surface area contributed by atoms with Crippen LogP contribution in [0, 0.1) is 0 Å². The first-order valence-corrected chi connectivity index (χ1v) is 8.09. The van der Waals surface area contributed by atoms with Gasteiger partial charge in [-0.05, 0) is 21.9 Å². The summed E-state index contributed by atoms with van der Waals surface area (Å²) in [4.78, 5) is 11.9. The Morgan fingerprint density at radius 1 is 0.958 bits per heavy atom. The number of fused-ring (bicyclic) bond motifs is 1. The molecule has 0 saturated carbocycles. The first-order chi connectivity index (χ1) is 11.8. The zero-order valence-corrected chi connectivity index (χ0v) is 13.7. The van der Waals surface area contributed by atoms with Crippen LogP contribution in [0.2, 0.25) is 0 Å². The largest absolute Gasteiger partial charge is 0.469 e. The summed E-state index contributed by atoms with van der Waals surface area (Å²) in [6.45, 7) is 0.700. The topological polar surface area (TPSA) is 38.3 Å². The molecule has 0 aliphatic carbocycles. The highest BCUT2D eigenvalue weighted by molar-refractivity contribution is 5.86. The van der Waals surface area contributed by atoms with Crippen LogP contribution < -0.4 is 5.32 Å². The second kappa shape index (κ2) is 7.75. The standard InChI is InChI=1S/C21H21NO2/c1-24-21(23)14-20(22-15-16-8-3-2-4-9-16)19-13-7-11-17-10-5-6-12-18(17)19/h2-13,20,22H,14-15H2,1H3/t20-/m1/s1. The number of hydrogen-bond acceptors (Lipinski definition) is 3. The molecule has 0 unspecified atom stereocenters. The van der Waals surface area contributed by atoms with E-state index in [0.717, 1.165) is 10.9 Å². The van der Waals surface area contributed by atoms with Gasteiger partial charge >= 0.3 is 5.97 Å². The van der Waals surface area contributed by atoms with Crippen molar-refractivity contribution in [1.82, 2.24) is 5.32 Å². The van der Waals surface area contributed by atoms with Gasteiger partial charge in [0.1, 0.15) is 0 Å². The summed E-state index contributed by atoms with van der Waals surface area (Å²) in [6.07, 6.45) is 0.303. The van der Waals surface area contributed by atoms with Gasteiger partial charge in [-0.1, -0.05) is 72.8 Å². The molecule has 3 aromatic rings. The summed E-state index contributed by atoms with van der Waals surface area (Å²) in [5, 5.41) is 5.84. The lowest BCUT2D eigenvalue weighted by atomic mass is 9.96. The molecule has 0 saturated heterocycles. The maximum atomic E-state index is 11.9. The molecular formula is C21H21NO2. The third-order valence-electron chi connectivity index (χ3n) is 4.19. The summed E-state index contributed by atoms with van der Waals surface area (Å²) < 4.78 is 4.89. The molecule has 0 amide bonds. The molecule has 0 radical (unpaired) electrons. The van der Waals surface area contributed by atoms with Crippen molar-refractivity contribution >= 4 is 16.7 Å². The molecule has 122 valence electrons. The minimum Gasteiger partial charge on any atom is -0.469 e. The van der Waals surface area contributed by atoms with Gasteiger partial charge in [0.15, 0.2) is 0 Å². The Balaban J connectivity index is 1.89. The highest BCUT2D eigenvalue weighted by Crippen LogP contribution is 2.27. The van der Waals surface area contributed by atoms with Crippen LogP contribution >= 0.6 is 0 Å². The molecule has 3 aromatic carbocycles.